The molecule has 3 aromatic carbocycles. The Balaban J connectivity index is 0.00000190. The van der Waals surface area contributed by atoms with Crippen molar-refractivity contribution in [3.05, 3.63) is 100 Å². The van der Waals surface area contributed by atoms with Gasteiger partial charge < -0.3 is 26.9 Å². The molecule has 5 rings (SSSR count). The predicted molar refractivity (Wildman–Crippen MR) is 142 cm³/mol. The fourth-order valence-electron chi connectivity index (χ4n) is 4.40. The van der Waals surface area contributed by atoms with Crippen LogP contribution >= 0.6 is 11.6 Å². The Bertz CT molecular complexity index is 1340. The quantitative estimate of drug-likeness (QED) is 0.413. The van der Waals surface area contributed by atoms with Gasteiger partial charge in [0, 0.05) is 6.45 Å². The number of nitrogens with one attached hydrogen (secondary N) is 1. The maximum atomic E-state index is 13.6. The van der Waals surface area contributed by atoms with Gasteiger partial charge in [-0.3, -0.25) is 4.79 Å². The normalized spacial score (nSPS) is 13.8. The van der Waals surface area contributed by atoms with Crippen molar-refractivity contribution in [1.82, 2.24) is 9.78 Å². The monoisotopic (exact) mass is 524 g/mol. The van der Waals surface area contributed by atoms with E-state index in [4.69, 9.17) is 16.3 Å². The van der Waals surface area contributed by atoms with E-state index < -0.39 is 0 Å². The molecule has 0 radical (unpaired) electrons. The first-order valence-corrected chi connectivity index (χ1v) is 12.3. The molecule has 188 valence electrons. The zero-order valence-electron chi connectivity index (χ0n) is 20.0. The summed E-state index contributed by atoms with van der Waals surface area (Å²) < 4.78 is 7.64. The molecule has 2 heterocycles. The van der Waals surface area contributed by atoms with Crippen LogP contribution in [-0.2, 0) is 0 Å². The molecule has 4 aromatic rings. The van der Waals surface area contributed by atoms with Crippen molar-refractivity contribution in [3.63, 3.8) is 0 Å². The first-order chi connectivity index (χ1) is 17.1. The van der Waals surface area contributed by atoms with E-state index in [1.54, 1.807) is 35.4 Å². The highest BCUT2D eigenvalue weighted by Gasteiger charge is 2.25. The van der Waals surface area contributed by atoms with Crippen molar-refractivity contribution in [1.29, 1.82) is 0 Å². The number of ether oxygens (including phenoxy) is 1. The molecule has 1 fully saturated rings. The van der Waals surface area contributed by atoms with Crippen molar-refractivity contribution in [2.24, 2.45) is 0 Å². The standard InChI is InChI=1S/C28H27ClN4O2.ClH.H2/c1-2-31-16-18-32(19-17-31)26-20-30-33(24-12-10-23(29)11-13-24)28(34)27(26)35-25-14-8-22(9-15-25)21-6-4-3-5-7-21;;/h3-15,20H,2,16-19H2,1H3;2*1H. The van der Waals surface area contributed by atoms with Crippen LogP contribution in [0.5, 0.6) is 11.5 Å². The Hall–Kier alpha value is -3.32. The molecule has 1 aliphatic rings. The van der Waals surface area contributed by atoms with E-state index in [-0.39, 0.29) is 25.1 Å². The molecule has 0 spiro atoms. The van der Waals surface area contributed by atoms with Crippen LogP contribution in [0.4, 0.5) is 5.69 Å². The molecule has 1 saturated heterocycles. The minimum absolute atomic E-state index is 0. The van der Waals surface area contributed by atoms with E-state index in [2.05, 4.69) is 29.1 Å². The van der Waals surface area contributed by atoms with Crippen LogP contribution in [0.3, 0.4) is 0 Å². The number of likely N-dealkylation sites (N-methyl/N-ethyl adjacent to an activating group) is 1. The van der Waals surface area contributed by atoms with E-state index in [1.165, 1.54) is 4.68 Å². The smallest absolute Gasteiger partial charge is 0.316 e. The molecule has 1 N–H and O–H groups in total. The third-order valence-corrected chi connectivity index (χ3v) is 6.73. The van der Waals surface area contributed by atoms with Gasteiger partial charge in [0.15, 0.2) is 0 Å². The lowest BCUT2D eigenvalue weighted by Crippen LogP contribution is -3.14. The minimum Gasteiger partial charge on any atom is -1.00 e. The van der Waals surface area contributed by atoms with E-state index >= 15 is 0 Å². The van der Waals surface area contributed by atoms with Gasteiger partial charge in [-0.15, -0.1) is 0 Å². The van der Waals surface area contributed by atoms with Crippen LogP contribution < -0.4 is 32.5 Å². The van der Waals surface area contributed by atoms with Crippen LogP contribution in [0.25, 0.3) is 16.8 Å². The number of benzene rings is 3. The highest BCUT2D eigenvalue weighted by molar-refractivity contribution is 6.30. The number of piperazine rings is 1. The topological polar surface area (TPSA) is 51.8 Å². The number of hydrogen-bond acceptors (Lipinski definition) is 4. The summed E-state index contributed by atoms with van der Waals surface area (Å²) in [7, 11) is 0. The Morgan fingerprint density at radius 1 is 0.944 bits per heavy atom. The fraction of sp³-hybridized carbons (Fsp3) is 0.214. The number of quaternary nitrogens is 1. The summed E-state index contributed by atoms with van der Waals surface area (Å²) in [4.78, 5) is 17.4. The number of hydrogen-bond donors (Lipinski definition) is 1. The second-order valence-electron chi connectivity index (χ2n) is 8.64. The molecule has 0 atom stereocenters. The number of nitrogens with zero attached hydrogens (tertiary/aromatic N) is 3. The summed E-state index contributed by atoms with van der Waals surface area (Å²) in [5.41, 5.74) is 3.27. The Kier molecular flexibility index (Phi) is 8.31. The molecule has 6 nitrogen and oxygen atoms in total. The molecule has 8 heteroatoms. The number of rotatable bonds is 6. The summed E-state index contributed by atoms with van der Waals surface area (Å²) >= 11 is 6.04. The molecule has 0 saturated carbocycles. The molecule has 1 aliphatic heterocycles. The fourth-order valence-corrected chi connectivity index (χ4v) is 4.52. The Morgan fingerprint density at radius 3 is 2.22 bits per heavy atom. The Labute approximate surface area is 223 Å². The van der Waals surface area contributed by atoms with Crippen LogP contribution in [0.1, 0.15) is 8.35 Å². The Morgan fingerprint density at radius 2 is 1.58 bits per heavy atom. The average molecular weight is 525 g/mol. The van der Waals surface area contributed by atoms with Crippen molar-refractivity contribution < 1.29 is 23.5 Å². The first kappa shape index (κ1) is 25.8. The van der Waals surface area contributed by atoms with Crippen LogP contribution in [-0.4, -0.2) is 42.5 Å². The largest absolute Gasteiger partial charge is 1.00 e. The highest BCUT2D eigenvalue weighted by atomic mass is 35.5. The second-order valence-corrected chi connectivity index (χ2v) is 9.07. The van der Waals surface area contributed by atoms with E-state index in [0.29, 0.717) is 16.5 Å². The van der Waals surface area contributed by atoms with Gasteiger partial charge in [-0.1, -0.05) is 54.1 Å². The van der Waals surface area contributed by atoms with Crippen molar-refractivity contribution in [2.75, 3.05) is 37.6 Å². The maximum absolute atomic E-state index is 13.6. The molecular formula is C28H30Cl2N4O2. The summed E-state index contributed by atoms with van der Waals surface area (Å²) in [5.74, 6) is 0.886. The van der Waals surface area contributed by atoms with E-state index in [0.717, 1.165) is 49.5 Å². The van der Waals surface area contributed by atoms with Gasteiger partial charge in [0.25, 0.3) is 0 Å². The third kappa shape index (κ3) is 5.57. The van der Waals surface area contributed by atoms with E-state index in [9.17, 15) is 4.79 Å². The predicted octanol–water partition coefficient (Wildman–Crippen LogP) is 1.32. The van der Waals surface area contributed by atoms with Gasteiger partial charge >= 0.3 is 5.56 Å². The van der Waals surface area contributed by atoms with Crippen LogP contribution in [0, 0.1) is 0 Å². The van der Waals surface area contributed by atoms with Crippen LogP contribution in [0.15, 0.2) is 89.9 Å². The minimum atomic E-state index is -0.303. The number of halogens is 2. The van der Waals surface area contributed by atoms with E-state index in [1.807, 2.05) is 42.5 Å². The second kappa shape index (κ2) is 11.6. The lowest BCUT2D eigenvalue weighted by atomic mass is 10.1. The first-order valence-electron chi connectivity index (χ1n) is 11.9. The number of anilines is 1. The molecule has 0 amide bonds. The average Bonchev–Trinajstić information content (AvgIpc) is 2.91. The third-order valence-electron chi connectivity index (χ3n) is 6.48. The molecule has 1 aromatic heterocycles. The van der Waals surface area contributed by atoms with Crippen LogP contribution in [0.2, 0.25) is 5.02 Å². The van der Waals surface area contributed by atoms with Gasteiger partial charge in [-0.25, -0.2) is 0 Å². The summed E-state index contributed by atoms with van der Waals surface area (Å²) in [6, 6.07) is 25.0. The molecule has 36 heavy (non-hydrogen) atoms. The lowest BCUT2D eigenvalue weighted by Gasteiger charge is -2.33. The highest BCUT2D eigenvalue weighted by Crippen LogP contribution is 2.30. The van der Waals surface area contributed by atoms with Gasteiger partial charge in [0.05, 0.1) is 44.6 Å². The van der Waals surface area contributed by atoms with Crippen molar-refractivity contribution >= 4 is 17.3 Å². The molecular weight excluding hydrogens is 495 g/mol. The molecule has 0 unspecified atom stereocenters. The summed E-state index contributed by atoms with van der Waals surface area (Å²) in [6.45, 7) is 7.02. The zero-order valence-corrected chi connectivity index (χ0v) is 21.5. The zero-order chi connectivity index (χ0) is 24.2. The van der Waals surface area contributed by atoms with Gasteiger partial charge in [0.1, 0.15) is 11.4 Å². The molecule has 0 bridgehead atoms. The number of aromatic nitrogens is 2. The SMILES string of the molecule is CC[NH+]1CCN(c2cnn(-c3ccc(Cl)cc3)c(=O)c2Oc2ccc(-c3ccccc3)cc2)CC1.[Cl-].[HH]. The van der Waals surface area contributed by atoms with Gasteiger partial charge in [-0.2, -0.15) is 9.78 Å². The van der Waals surface area contributed by atoms with Gasteiger partial charge in [0.2, 0.25) is 5.75 Å². The van der Waals surface area contributed by atoms with Gasteiger partial charge in [-0.05, 0) is 54.4 Å². The summed E-state index contributed by atoms with van der Waals surface area (Å²) in [6.07, 6.45) is 1.74. The van der Waals surface area contributed by atoms with Crippen molar-refractivity contribution in [2.45, 2.75) is 6.92 Å². The lowest BCUT2D eigenvalue weighted by molar-refractivity contribution is -0.898. The maximum Gasteiger partial charge on any atom is 0.316 e. The molecule has 0 aliphatic carbocycles. The summed E-state index contributed by atoms with van der Waals surface area (Å²) in [5, 5.41) is 5.08. The van der Waals surface area contributed by atoms with Crippen molar-refractivity contribution in [3.8, 4) is 28.3 Å².